The standard InChI is InChI=1S/C14H15FINO/c1-2-7-17-9-11-4-6-14(18-11)12-5-3-10(15)8-13(12)16/h3-6,8,17H,2,7,9H2,1H3. The van der Waals surface area contributed by atoms with Crippen molar-refractivity contribution in [3.8, 4) is 11.3 Å². The highest BCUT2D eigenvalue weighted by molar-refractivity contribution is 14.1. The molecule has 96 valence electrons. The highest BCUT2D eigenvalue weighted by atomic mass is 127. The van der Waals surface area contributed by atoms with Crippen molar-refractivity contribution in [2.75, 3.05) is 6.54 Å². The first-order valence-corrected chi connectivity index (χ1v) is 7.03. The van der Waals surface area contributed by atoms with Crippen molar-refractivity contribution in [2.45, 2.75) is 19.9 Å². The van der Waals surface area contributed by atoms with Gasteiger partial charge in [0.2, 0.25) is 0 Å². The Labute approximate surface area is 120 Å². The Morgan fingerprint density at radius 2 is 2.11 bits per heavy atom. The number of benzene rings is 1. The summed E-state index contributed by atoms with van der Waals surface area (Å²) in [6, 6.07) is 8.59. The second-order valence-electron chi connectivity index (χ2n) is 4.07. The normalized spacial score (nSPS) is 10.8. The first-order chi connectivity index (χ1) is 8.70. The van der Waals surface area contributed by atoms with Gasteiger partial charge >= 0.3 is 0 Å². The smallest absolute Gasteiger partial charge is 0.135 e. The van der Waals surface area contributed by atoms with Crippen molar-refractivity contribution in [1.82, 2.24) is 5.32 Å². The summed E-state index contributed by atoms with van der Waals surface area (Å²) < 4.78 is 19.6. The minimum absolute atomic E-state index is 0.223. The Kier molecular flexibility index (Phi) is 4.77. The zero-order chi connectivity index (χ0) is 13.0. The zero-order valence-corrected chi connectivity index (χ0v) is 12.3. The molecular weight excluding hydrogens is 344 g/mol. The first kappa shape index (κ1) is 13.5. The molecule has 0 radical (unpaired) electrons. The van der Waals surface area contributed by atoms with Crippen molar-refractivity contribution >= 4 is 22.6 Å². The predicted molar refractivity (Wildman–Crippen MR) is 78.8 cm³/mol. The predicted octanol–water partition coefficient (Wildman–Crippen LogP) is 4.19. The van der Waals surface area contributed by atoms with Gasteiger partial charge in [0, 0.05) is 9.13 Å². The number of hydrogen-bond acceptors (Lipinski definition) is 2. The second kappa shape index (κ2) is 6.33. The van der Waals surface area contributed by atoms with Crippen LogP contribution in [0.25, 0.3) is 11.3 Å². The zero-order valence-electron chi connectivity index (χ0n) is 10.2. The maximum atomic E-state index is 13.0. The van der Waals surface area contributed by atoms with Gasteiger partial charge in [0.05, 0.1) is 6.54 Å². The monoisotopic (exact) mass is 359 g/mol. The fourth-order valence-electron chi connectivity index (χ4n) is 1.70. The van der Waals surface area contributed by atoms with Gasteiger partial charge in [-0.25, -0.2) is 4.39 Å². The van der Waals surface area contributed by atoms with Crippen LogP contribution in [0.3, 0.4) is 0 Å². The SMILES string of the molecule is CCCNCc1ccc(-c2ccc(F)cc2I)o1. The molecule has 2 rings (SSSR count). The molecule has 1 aromatic heterocycles. The van der Waals surface area contributed by atoms with Crippen LogP contribution < -0.4 is 5.32 Å². The van der Waals surface area contributed by atoms with Crippen LogP contribution in [0.2, 0.25) is 0 Å². The largest absolute Gasteiger partial charge is 0.460 e. The van der Waals surface area contributed by atoms with Gasteiger partial charge in [-0.15, -0.1) is 0 Å². The lowest BCUT2D eigenvalue weighted by Gasteiger charge is -2.02. The molecule has 0 spiro atoms. The van der Waals surface area contributed by atoms with Crippen LogP contribution in [0, 0.1) is 9.39 Å². The Balaban J connectivity index is 2.13. The van der Waals surface area contributed by atoms with Crippen molar-refractivity contribution in [3.05, 3.63) is 45.5 Å². The van der Waals surface area contributed by atoms with Gasteiger partial charge in [0.25, 0.3) is 0 Å². The van der Waals surface area contributed by atoms with Crippen LogP contribution in [0.15, 0.2) is 34.7 Å². The summed E-state index contributed by atoms with van der Waals surface area (Å²) in [5, 5.41) is 3.28. The van der Waals surface area contributed by atoms with Crippen molar-refractivity contribution in [3.63, 3.8) is 0 Å². The molecule has 0 aliphatic carbocycles. The second-order valence-corrected chi connectivity index (χ2v) is 5.23. The summed E-state index contributed by atoms with van der Waals surface area (Å²) in [6.45, 7) is 3.83. The summed E-state index contributed by atoms with van der Waals surface area (Å²) in [5.74, 6) is 1.46. The Hall–Kier alpha value is -0.880. The van der Waals surface area contributed by atoms with E-state index in [0.717, 1.165) is 40.2 Å². The highest BCUT2D eigenvalue weighted by Crippen LogP contribution is 2.27. The van der Waals surface area contributed by atoms with Crippen molar-refractivity contribution in [2.24, 2.45) is 0 Å². The van der Waals surface area contributed by atoms with E-state index < -0.39 is 0 Å². The van der Waals surface area contributed by atoms with Gasteiger partial charge in [-0.2, -0.15) is 0 Å². The maximum absolute atomic E-state index is 13.0. The third-order valence-corrected chi connectivity index (χ3v) is 3.48. The van der Waals surface area contributed by atoms with Crippen molar-refractivity contribution < 1.29 is 8.81 Å². The topological polar surface area (TPSA) is 25.2 Å². The fraction of sp³-hybridized carbons (Fsp3) is 0.286. The molecule has 0 amide bonds. The third kappa shape index (κ3) is 3.32. The van der Waals surface area contributed by atoms with Crippen LogP contribution in [0.5, 0.6) is 0 Å². The molecule has 18 heavy (non-hydrogen) atoms. The van der Waals surface area contributed by atoms with Gasteiger partial charge in [0.1, 0.15) is 17.3 Å². The summed E-state index contributed by atoms with van der Waals surface area (Å²) in [4.78, 5) is 0. The molecule has 0 atom stereocenters. The van der Waals surface area contributed by atoms with E-state index in [-0.39, 0.29) is 5.82 Å². The molecule has 2 aromatic rings. The molecule has 0 saturated carbocycles. The van der Waals surface area contributed by atoms with Crippen LogP contribution in [-0.4, -0.2) is 6.54 Å². The Morgan fingerprint density at radius 3 is 2.83 bits per heavy atom. The van der Waals surface area contributed by atoms with Crippen molar-refractivity contribution in [1.29, 1.82) is 0 Å². The van der Waals surface area contributed by atoms with E-state index in [9.17, 15) is 4.39 Å². The lowest BCUT2D eigenvalue weighted by molar-refractivity contribution is 0.493. The van der Waals surface area contributed by atoms with Gasteiger partial charge in [-0.3, -0.25) is 0 Å². The minimum Gasteiger partial charge on any atom is -0.460 e. The molecule has 0 bridgehead atoms. The maximum Gasteiger partial charge on any atom is 0.135 e. The van der Waals surface area contributed by atoms with Gasteiger partial charge in [-0.05, 0) is 65.9 Å². The highest BCUT2D eigenvalue weighted by Gasteiger charge is 2.08. The van der Waals surface area contributed by atoms with E-state index in [2.05, 4.69) is 34.8 Å². The summed E-state index contributed by atoms with van der Waals surface area (Å²) >= 11 is 2.12. The van der Waals surface area contributed by atoms with E-state index in [0.29, 0.717) is 0 Å². The lowest BCUT2D eigenvalue weighted by atomic mass is 10.2. The molecule has 1 aromatic carbocycles. The molecule has 0 aliphatic rings. The van der Waals surface area contributed by atoms with E-state index >= 15 is 0 Å². The van der Waals surface area contributed by atoms with Gasteiger partial charge in [0.15, 0.2) is 0 Å². The molecule has 0 aliphatic heterocycles. The van der Waals surface area contributed by atoms with Crippen LogP contribution in [0.4, 0.5) is 4.39 Å². The summed E-state index contributed by atoms with van der Waals surface area (Å²) in [7, 11) is 0. The third-order valence-electron chi connectivity index (χ3n) is 2.58. The average Bonchev–Trinajstić information content (AvgIpc) is 2.78. The number of nitrogens with one attached hydrogen (secondary N) is 1. The minimum atomic E-state index is -0.223. The number of furan rings is 1. The van der Waals surface area contributed by atoms with Gasteiger partial charge in [-0.1, -0.05) is 6.92 Å². The molecular formula is C14H15FINO. The number of hydrogen-bond donors (Lipinski definition) is 1. The number of halogens is 2. The molecule has 0 fully saturated rings. The van der Waals surface area contributed by atoms with Crippen LogP contribution in [-0.2, 0) is 6.54 Å². The first-order valence-electron chi connectivity index (χ1n) is 5.95. The Bertz CT molecular complexity index is 524. The molecule has 4 heteroatoms. The van der Waals surface area contributed by atoms with Gasteiger partial charge < -0.3 is 9.73 Å². The summed E-state index contributed by atoms with van der Waals surface area (Å²) in [6.07, 6.45) is 1.10. The quantitative estimate of drug-likeness (QED) is 0.640. The van der Waals surface area contributed by atoms with Crippen LogP contribution >= 0.6 is 22.6 Å². The molecule has 1 heterocycles. The molecule has 0 saturated heterocycles. The van der Waals surface area contributed by atoms with Crippen LogP contribution in [0.1, 0.15) is 19.1 Å². The summed E-state index contributed by atoms with van der Waals surface area (Å²) in [5.41, 5.74) is 0.929. The van der Waals surface area contributed by atoms with E-state index in [4.69, 9.17) is 4.42 Å². The number of rotatable bonds is 5. The lowest BCUT2D eigenvalue weighted by Crippen LogP contribution is -2.12. The average molecular weight is 359 g/mol. The van der Waals surface area contributed by atoms with E-state index in [1.807, 2.05) is 12.1 Å². The molecule has 1 N–H and O–H groups in total. The van der Waals surface area contributed by atoms with E-state index in [1.165, 1.54) is 12.1 Å². The van der Waals surface area contributed by atoms with E-state index in [1.54, 1.807) is 6.07 Å². The Morgan fingerprint density at radius 1 is 1.28 bits per heavy atom. The molecule has 2 nitrogen and oxygen atoms in total. The molecule has 0 unspecified atom stereocenters. The fourth-order valence-corrected chi connectivity index (χ4v) is 2.44.